The molecule has 0 spiro atoms. The van der Waals surface area contributed by atoms with E-state index < -0.39 is 11.0 Å². The second-order valence-corrected chi connectivity index (χ2v) is 3.72. The number of nitrogens with two attached hydrogens (primary N) is 1. The van der Waals surface area contributed by atoms with Crippen molar-refractivity contribution in [2.75, 3.05) is 18.5 Å². The summed E-state index contributed by atoms with van der Waals surface area (Å²) in [5, 5.41) is 13.5. The van der Waals surface area contributed by atoms with Crippen molar-refractivity contribution in [1.29, 1.82) is 0 Å². The smallest absolute Gasteiger partial charge is 0.404 e. The zero-order valence-corrected chi connectivity index (χ0v) is 10.1. The maximum absolute atomic E-state index is 10.7. The first kappa shape index (κ1) is 13.2. The molecule has 0 aliphatic carbocycles. The summed E-state index contributed by atoms with van der Waals surface area (Å²) in [7, 11) is 0. The summed E-state index contributed by atoms with van der Waals surface area (Å²) in [5.41, 5.74) is 4.87. The fourth-order valence-electron chi connectivity index (χ4n) is 1.07. The van der Waals surface area contributed by atoms with E-state index in [-0.39, 0.29) is 24.5 Å². The maximum atomic E-state index is 10.7. The fourth-order valence-corrected chi connectivity index (χ4v) is 1.53. The summed E-state index contributed by atoms with van der Waals surface area (Å²) in [4.78, 5) is 24.1. The van der Waals surface area contributed by atoms with E-state index >= 15 is 0 Å². The number of anilines is 1. The number of hydrogen-bond donors (Lipinski definition) is 2. The standard InChI is InChI=1S/C8H9BrN4O4/c9-5-3-11-4-6(13(15)16)7(5)12-1-2-17-8(10)14/h3-4H,1-2H2,(H2,10,14)(H,11,12). The van der Waals surface area contributed by atoms with E-state index in [0.29, 0.717) is 4.47 Å². The monoisotopic (exact) mass is 304 g/mol. The van der Waals surface area contributed by atoms with E-state index in [9.17, 15) is 14.9 Å². The Morgan fingerprint density at radius 2 is 2.35 bits per heavy atom. The lowest BCUT2D eigenvalue weighted by atomic mass is 10.3. The number of amides is 1. The number of primary amides is 1. The van der Waals surface area contributed by atoms with E-state index in [0.717, 1.165) is 6.20 Å². The number of nitro groups is 1. The predicted molar refractivity (Wildman–Crippen MR) is 62.6 cm³/mol. The molecule has 1 aromatic rings. The highest BCUT2D eigenvalue weighted by Gasteiger charge is 2.16. The molecule has 0 unspecified atom stereocenters. The van der Waals surface area contributed by atoms with Crippen LogP contribution in [0.4, 0.5) is 16.2 Å². The van der Waals surface area contributed by atoms with Crippen molar-refractivity contribution >= 4 is 33.4 Å². The Bertz CT molecular complexity index is 440. The van der Waals surface area contributed by atoms with Crippen LogP contribution in [-0.2, 0) is 4.74 Å². The number of nitrogens with zero attached hydrogens (tertiary/aromatic N) is 2. The Morgan fingerprint density at radius 1 is 1.65 bits per heavy atom. The lowest BCUT2D eigenvalue weighted by Gasteiger charge is -2.08. The molecule has 1 aromatic heterocycles. The Kier molecular flexibility index (Phi) is 4.64. The molecule has 1 rings (SSSR count). The van der Waals surface area contributed by atoms with Crippen LogP contribution in [0.25, 0.3) is 0 Å². The number of rotatable bonds is 5. The van der Waals surface area contributed by atoms with Crippen LogP contribution < -0.4 is 11.1 Å². The van der Waals surface area contributed by atoms with Crippen molar-refractivity contribution in [2.45, 2.75) is 0 Å². The van der Waals surface area contributed by atoms with E-state index in [4.69, 9.17) is 5.73 Å². The third-order valence-corrected chi connectivity index (χ3v) is 2.33. The number of halogens is 1. The molecule has 0 radical (unpaired) electrons. The van der Waals surface area contributed by atoms with Crippen LogP contribution in [0.15, 0.2) is 16.9 Å². The maximum Gasteiger partial charge on any atom is 0.404 e. The number of pyridine rings is 1. The molecule has 17 heavy (non-hydrogen) atoms. The zero-order chi connectivity index (χ0) is 12.8. The third-order valence-electron chi connectivity index (χ3n) is 1.72. The van der Waals surface area contributed by atoms with Gasteiger partial charge in [-0.25, -0.2) is 4.79 Å². The predicted octanol–water partition coefficient (Wildman–Crippen LogP) is 1.26. The van der Waals surface area contributed by atoms with Crippen molar-refractivity contribution in [3.63, 3.8) is 0 Å². The number of carbonyl (C=O) groups is 1. The van der Waals surface area contributed by atoms with Gasteiger partial charge in [0.05, 0.1) is 9.40 Å². The van der Waals surface area contributed by atoms with Gasteiger partial charge in [0.1, 0.15) is 18.5 Å². The van der Waals surface area contributed by atoms with Gasteiger partial charge in [-0.15, -0.1) is 0 Å². The van der Waals surface area contributed by atoms with Gasteiger partial charge in [0.2, 0.25) is 0 Å². The van der Waals surface area contributed by atoms with Crippen LogP contribution in [0.2, 0.25) is 0 Å². The first-order valence-corrected chi connectivity index (χ1v) is 5.25. The summed E-state index contributed by atoms with van der Waals surface area (Å²) in [6.07, 6.45) is 1.65. The van der Waals surface area contributed by atoms with Crippen LogP contribution in [0.3, 0.4) is 0 Å². The Hall–Kier alpha value is -1.90. The third kappa shape index (κ3) is 3.87. The number of carbonyl (C=O) groups excluding carboxylic acids is 1. The molecule has 9 heteroatoms. The lowest BCUT2D eigenvalue weighted by molar-refractivity contribution is -0.384. The molecule has 0 saturated carbocycles. The fraction of sp³-hybridized carbons (Fsp3) is 0.250. The SMILES string of the molecule is NC(=O)OCCNc1c(Br)cncc1[N+](=O)[O-]. The second-order valence-electron chi connectivity index (χ2n) is 2.87. The van der Waals surface area contributed by atoms with Crippen LogP contribution >= 0.6 is 15.9 Å². The molecule has 0 aromatic carbocycles. The Labute approximate surface area is 104 Å². The molecule has 0 bridgehead atoms. The van der Waals surface area contributed by atoms with Crippen molar-refractivity contribution in [1.82, 2.24) is 4.98 Å². The van der Waals surface area contributed by atoms with Crippen LogP contribution in [0, 0.1) is 10.1 Å². The van der Waals surface area contributed by atoms with E-state index in [1.165, 1.54) is 6.20 Å². The molecule has 3 N–H and O–H groups in total. The minimum absolute atomic E-state index is 0.0151. The average molecular weight is 305 g/mol. The van der Waals surface area contributed by atoms with E-state index in [1.807, 2.05) is 0 Å². The molecule has 0 saturated heterocycles. The van der Waals surface area contributed by atoms with Crippen molar-refractivity contribution in [3.05, 3.63) is 27.0 Å². The van der Waals surface area contributed by atoms with Gasteiger partial charge in [-0.2, -0.15) is 0 Å². The van der Waals surface area contributed by atoms with Crippen molar-refractivity contribution in [3.8, 4) is 0 Å². The van der Waals surface area contributed by atoms with Gasteiger partial charge in [-0.1, -0.05) is 0 Å². The number of ether oxygens (including phenoxy) is 1. The average Bonchev–Trinajstić information content (AvgIpc) is 2.25. The van der Waals surface area contributed by atoms with Gasteiger partial charge < -0.3 is 15.8 Å². The number of hydrogen-bond acceptors (Lipinski definition) is 6. The van der Waals surface area contributed by atoms with Gasteiger partial charge in [0.25, 0.3) is 0 Å². The van der Waals surface area contributed by atoms with E-state index in [1.54, 1.807) is 0 Å². The molecular weight excluding hydrogens is 296 g/mol. The largest absolute Gasteiger partial charge is 0.448 e. The number of nitrogens with one attached hydrogen (secondary N) is 1. The molecule has 92 valence electrons. The summed E-state index contributed by atoms with van der Waals surface area (Å²) in [5.74, 6) is 0. The van der Waals surface area contributed by atoms with Crippen LogP contribution in [-0.4, -0.2) is 29.2 Å². The van der Waals surface area contributed by atoms with Crippen LogP contribution in [0.1, 0.15) is 0 Å². The van der Waals surface area contributed by atoms with Crippen molar-refractivity contribution in [2.24, 2.45) is 5.73 Å². The van der Waals surface area contributed by atoms with Gasteiger partial charge in [-0.3, -0.25) is 15.1 Å². The number of aromatic nitrogens is 1. The highest BCUT2D eigenvalue weighted by Crippen LogP contribution is 2.30. The van der Waals surface area contributed by atoms with Gasteiger partial charge >= 0.3 is 11.8 Å². The molecular formula is C8H9BrN4O4. The minimum atomic E-state index is -0.893. The molecule has 0 aliphatic rings. The molecule has 8 nitrogen and oxygen atoms in total. The summed E-state index contributed by atoms with van der Waals surface area (Å²) in [6.45, 7) is 0.216. The van der Waals surface area contributed by atoms with E-state index in [2.05, 4.69) is 31.0 Å². The summed E-state index contributed by atoms with van der Waals surface area (Å²) in [6, 6.07) is 0. The lowest BCUT2D eigenvalue weighted by Crippen LogP contribution is -2.18. The van der Waals surface area contributed by atoms with Gasteiger partial charge in [0, 0.05) is 12.7 Å². The zero-order valence-electron chi connectivity index (χ0n) is 8.55. The first-order valence-electron chi connectivity index (χ1n) is 4.46. The Balaban J connectivity index is 2.69. The molecule has 0 atom stereocenters. The summed E-state index contributed by atoms with van der Waals surface area (Å²) < 4.78 is 4.93. The van der Waals surface area contributed by atoms with Gasteiger partial charge in [-0.05, 0) is 15.9 Å². The van der Waals surface area contributed by atoms with Gasteiger partial charge in [0.15, 0.2) is 0 Å². The minimum Gasteiger partial charge on any atom is -0.448 e. The Morgan fingerprint density at radius 3 is 2.94 bits per heavy atom. The molecule has 1 amide bonds. The van der Waals surface area contributed by atoms with Crippen molar-refractivity contribution < 1.29 is 14.5 Å². The quantitative estimate of drug-likeness (QED) is 0.480. The highest BCUT2D eigenvalue weighted by molar-refractivity contribution is 9.10. The first-order chi connectivity index (χ1) is 8.02. The highest BCUT2D eigenvalue weighted by atomic mass is 79.9. The molecule has 0 aliphatic heterocycles. The molecule has 1 heterocycles. The second kappa shape index (κ2) is 5.99. The normalized spacial score (nSPS) is 9.71. The molecule has 0 fully saturated rings. The summed E-state index contributed by atoms with van der Waals surface area (Å²) >= 11 is 3.13. The topological polar surface area (TPSA) is 120 Å². The van der Waals surface area contributed by atoms with Crippen LogP contribution in [0.5, 0.6) is 0 Å².